The van der Waals surface area contributed by atoms with E-state index >= 15 is 0 Å². The van der Waals surface area contributed by atoms with Gasteiger partial charge in [0.2, 0.25) is 0 Å². The molecular formula is C23H28N2O3. The van der Waals surface area contributed by atoms with Gasteiger partial charge in [-0.05, 0) is 62.3 Å². The summed E-state index contributed by atoms with van der Waals surface area (Å²) in [7, 11) is 0. The van der Waals surface area contributed by atoms with Crippen LogP contribution >= 0.6 is 0 Å². The van der Waals surface area contributed by atoms with E-state index in [0.29, 0.717) is 17.2 Å². The highest BCUT2D eigenvalue weighted by molar-refractivity contribution is 5.94. The fourth-order valence-corrected chi connectivity index (χ4v) is 3.61. The largest absolute Gasteiger partial charge is 0.484 e. The van der Waals surface area contributed by atoms with Crippen LogP contribution in [0.3, 0.4) is 0 Å². The number of benzene rings is 2. The van der Waals surface area contributed by atoms with Crippen molar-refractivity contribution in [1.29, 1.82) is 0 Å². The SMILES string of the molecule is Cc1ccc(CCC2CCN(C(=O)c3cccc(OCC(N)=O)c3)CC2)cc1. The number of aryl methyl sites for hydroxylation is 2. The van der Waals surface area contributed by atoms with Crippen molar-refractivity contribution < 1.29 is 14.3 Å². The van der Waals surface area contributed by atoms with Crippen LogP contribution in [-0.4, -0.2) is 36.4 Å². The molecule has 1 aliphatic heterocycles. The first-order chi connectivity index (χ1) is 13.5. The molecule has 5 heteroatoms. The zero-order chi connectivity index (χ0) is 19.9. The van der Waals surface area contributed by atoms with E-state index in [0.717, 1.165) is 32.4 Å². The summed E-state index contributed by atoms with van der Waals surface area (Å²) in [5.74, 6) is 0.624. The molecule has 1 heterocycles. The van der Waals surface area contributed by atoms with Crippen LogP contribution in [0.4, 0.5) is 0 Å². The Morgan fingerprint density at radius 1 is 1.11 bits per heavy atom. The fraction of sp³-hybridized carbons (Fsp3) is 0.391. The monoisotopic (exact) mass is 380 g/mol. The average molecular weight is 380 g/mol. The summed E-state index contributed by atoms with van der Waals surface area (Å²) in [5, 5.41) is 0. The highest BCUT2D eigenvalue weighted by atomic mass is 16.5. The molecule has 0 saturated carbocycles. The second-order valence-electron chi connectivity index (χ2n) is 7.54. The Morgan fingerprint density at radius 2 is 1.82 bits per heavy atom. The summed E-state index contributed by atoms with van der Waals surface area (Å²) < 4.78 is 5.30. The van der Waals surface area contributed by atoms with Gasteiger partial charge in [-0.25, -0.2) is 0 Å². The molecule has 0 atom stereocenters. The third-order valence-electron chi connectivity index (χ3n) is 5.33. The summed E-state index contributed by atoms with van der Waals surface area (Å²) in [4.78, 5) is 25.5. The van der Waals surface area contributed by atoms with Gasteiger partial charge in [-0.2, -0.15) is 0 Å². The first-order valence-corrected chi connectivity index (χ1v) is 9.87. The molecule has 3 rings (SSSR count). The van der Waals surface area contributed by atoms with Crippen LogP contribution in [0.25, 0.3) is 0 Å². The van der Waals surface area contributed by atoms with Crippen molar-refractivity contribution in [1.82, 2.24) is 4.90 Å². The van der Waals surface area contributed by atoms with Crippen LogP contribution in [-0.2, 0) is 11.2 Å². The van der Waals surface area contributed by atoms with Crippen LogP contribution in [0.2, 0.25) is 0 Å². The Balaban J connectivity index is 1.48. The molecule has 2 N–H and O–H groups in total. The topological polar surface area (TPSA) is 72.6 Å². The van der Waals surface area contributed by atoms with E-state index in [2.05, 4.69) is 31.2 Å². The summed E-state index contributed by atoms with van der Waals surface area (Å²) in [6, 6.07) is 15.7. The number of ether oxygens (including phenoxy) is 1. The Kier molecular flexibility index (Phi) is 6.69. The zero-order valence-corrected chi connectivity index (χ0v) is 16.4. The highest BCUT2D eigenvalue weighted by Crippen LogP contribution is 2.24. The molecule has 1 saturated heterocycles. The van der Waals surface area contributed by atoms with E-state index in [1.54, 1.807) is 24.3 Å². The third-order valence-corrected chi connectivity index (χ3v) is 5.33. The molecule has 1 fully saturated rings. The molecule has 0 aromatic heterocycles. The van der Waals surface area contributed by atoms with E-state index in [9.17, 15) is 9.59 Å². The van der Waals surface area contributed by atoms with Gasteiger partial charge in [0.1, 0.15) is 5.75 Å². The predicted octanol–water partition coefficient (Wildman–Crippen LogP) is 3.34. The van der Waals surface area contributed by atoms with Gasteiger partial charge < -0.3 is 15.4 Å². The number of rotatable bonds is 7. The van der Waals surface area contributed by atoms with Gasteiger partial charge >= 0.3 is 0 Å². The lowest BCUT2D eigenvalue weighted by molar-refractivity contribution is -0.119. The molecule has 28 heavy (non-hydrogen) atoms. The Morgan fingerprint density at radius 3 is 2.50 bits per heavy atom. The quantitative estimate of drug-likeness (QED) is 0.801. The predicted molar refractivity (Wildman–Crippen MR) is 109 cm³/mol. The van der Waals surface area contributed by atoms with Crippen molar-refractivity contribution >= 4 is 11.8 Å². The molecule has 148 valence electrons. The van der Waals surface area contributed by atoms with Gasteiger partial charge in [0.05, 0.1) is 0 Å². The molecule has 1 aliphatic rings. The van der Waals surface area contributed by atoms with E-state index in [-0.39, 0.29) is 12.5 Å². The van der Waals surface area contributed by atoms with Gasteiger partial charge in [-0.3, -0.25) is 9.59 Å². The maximum Gasteiger partial charge on any atom is 0.255 e. The summed E-state index contributed by atoms with van der Waals surface area (Å²) in [6.07, 6.45) is 4.34. The smallest absolute Gasteiger partial charge is 0.255 e. The minimum atomic E-state index is -0.538. The first-order valence-electron chi connectivity index (χ1n) is 9.87. The Hall–Kier alpha value is -2.82. The van der Waals surface area contributed by atoms with Crippen molar-refractivity contribution in [3.8, 4) is 5.75 Å². The van der Waals surface area contributed by atoms with Crippen molar-refractivity contribution in [2.24, 2.45) is 11.7 Å². The maximum absolute atomic E-state index is 12.8. The molecular weight excluding hydrogens is 352 g/mol. The van der Waals surface area contributed by atoms with E-state index in [1.807, 2.05) is 4.90 Å². The molecule has 0 spiro atoms. The molecule has 2 amide bonds. The van der Waals surface area contributed by atoms with Gasteiger partial charge in [-0.15, -0.1) is 0 Å². The Bertz CT molecular complexity index is 809. The van der Waals surface area contributed by atoms with Crippen molar-refractivity contribution in [3.63, 3.8) is 0 Å². The summed E-state index contributed by atoms with van der Waals surface area (Å²) >= 11 is 0. The van der Waals surface area contributed by atoms with Crippen LogP contribution < -0.4 is 10.5 Å². The van der Waals surface area contributed by atoms with Crippen molar-refractivity contribution in [2.45, 2.75) is 32.6 Å². The maximum atomic E-state index is 12.8. The standard InChI is InChI=1S/C23H28N2O3/c1-17-5-7-18(8-6-17)9-10-19-11-13-25(14-12-19)23(27)20-3-2-4-21(15-20)28-16-22(24)26/h2-8,15,19H,9-14,16H2,1H3,(H2,24,26). The number of hydrogen-bond donors (Lipinski definition) is 1. The number of carbonyl (C=O) groups is 2. The second-order valence-corrected chi connectivity index (χ2v) is 7.54. The second kappa shape index (κ2) is 9.40. The fourth-order valence-electron chi connectivity index (χ4n) is 3.61. The molecule has 0 aliphatic carbocycles. The molecule has 5 nitrogen and oxygen atoms in total. The van der Waals surface area contributed by atoms with Crippen molar-refractivity contribution in [2.75, 3.05) is 19.7 Å². The van der Waals surface area contributed by atoms with E-state index < -0.39 is 5.91 Å². The lowest BCUT2D eigenvalue weighted by Crippen LogP contribution is -2.38. The molecule has 2 aromatic carbocycles. The lowest BCUT2D eigenvalue weighted by atomic mass is 9.90. The average Bonchev–Trinajstić information content (AvgIpc) is 2.72. The molecule has 0 radical (unpaired) electrons. The van der Waals surface area contributed by atoms with Gasteiger partial charge in [-0.1, -0.05) is 35.9 Å². The number of primary amides is 1. The minimum Gasteiger partial charge on any atom is -0.484 e. The number of nitrogens with zero attached hydrogens (tertiary/aromatic N) is 1. The molecule has 0 bridgehead atoms. The zero-order valence-electron chi connectivity index (χ0n) is 16.4. The number of likely N-dealkylation sites (tertiary alicyclic amines) is 1. The molecule has 2 aromatic rings. The van der Waals surface area contributed by atoms with E-state index in [4.69, 9.17) is 10.5 Å². The number of nitrogens with two attached hydrogens (primary N) is 1. The van der Waals surface area contributed by atoms with Gasteiger partial charge in [0.25, 0.3) is 11.8 Å². The molecule has 0 unspecified atom stereocenters. The van der Waals surface area contributed by atoms with Crippen molar-refractivity contribution in [3.05, 3.63) is 65.2 Å². The van der Waals surface area contributed by atoms with Crippen LogP contribution in [0, 0.1) is 12.8 Å². The van der Waals surface area contributed by atoms with Crippen LogP contribution in [0.1, 0.15) is 40.7 Å². The Labute approximate surface area is 166 Å². The first kappa shape index (κ1) is 19.9. The van der Waals surface area contributed by atoms with Gasteiger partial charge in [0.15, 0.2) is 6.61 Å². The lowest BCUT2D eigenvalue weighted by Gasteiger charge is -2.32. The number of hydrogen-bond acceptors (Lipinski definition) is 3. The van der Waals surface area contributed by atoms with E-state index in [1.165, 1.54) is 17.5 Å². The summed E-state index contributed by atoms with van der Waals surface area (Å²) in [6.45, 7) is 3.48. The summed E-state index contributed by atoms with van der Waals surface area (Å²) in [5.41, 5.74) is 8.36. The van der Waals surface area contributed by atoms with Crippen LogP contribution in [0.5, 0.6) is 5.75 Å². The number of amides is 2. The van der Waals surface area contributed by atoms with Gasteiger partial charge in [0, 0.05) is 18.7 Å². The van der Waals surface area contributed by atoms with Crippen LogP contribution in [0.15, 0.2) is 48.5 Å². The number of carbonyl (C=O) groups excluding carboxylic acids is 2. The normalized spacial score (nSPS) is 14.7. The third kappa shape index (κ3) is 5.59. The minimum absolute atomic E-state index is 0.0153. The highest BCUT2D eigenvalue weighted by Gasteiger charge is 2.23. The number of piperidine rings is 1.